The number of hydrogen-bond donors (Lipinski definition) is 0. The van der Waals surface area contributed by atoms with Gasteiger partial charge in [0.15, 0.2) is 0 Å². The summed E-state index contributed by atoms with van der Waals surface area (Å²) in [6.07, 6.45) is 6.38. The topological polar surface area (TPSA) is 30.7 Å². The van der Waals surface area contributed by atoms with E-state index in [0.717, 1.165) is 17.4 Å². The Morgan fingerprint density at radius 3 is 3.27 bits per heavy atom. The van der Waals surface area contributed by atoms with Crippen molar-refractivity contribution in [3.8, 4) is 0 Å². The van der Waals surface area contributed by atoms with Crippen LogP contribution in [0, 0.1) is 6.20 Å². The first kappa shape index (κ1) is 6.34. The summed E-state index contributed by atoms with van der Waals surface area (Å²) in [6.45, 7) is 2.94. The lowest BCUT2D eigenvalue weighted by atomic mass is 10.3. The molecule has 0 aromatic carbocycles. The molecule has 0 aliphatic rings. The van der Waals surface area contributed by atoms with Crippen LogP contribution in [0.5, 0.6) is 0 Å². The molecule has 0 amide bonds. The fraction of sp³-hybridized carbons (Fsp3) is 0.250. The van der Waals surface area contributed by atoms with E-state index >= 15 is 0 Å². The van der Waals surface area contributed by atoms with Gasteiger partial charge in [0.2, 0.25) is 0 Å². The van der Waals surface area contributed by atoms with Gasteiger partial charge >= 0.3 is 0 Å². The zero-order chi connectivity index (χ0) is 7.68. The van der Waals surface area contributed by atoms with Crippen molar-refractivity contribution in [1.82, 2.24) is 14.8 Å². The minimum atomic E-state index is 0.884. The zero-order valence-electron chi connectivity index (χ0n) is 6.28. The SMILES string of the molecule is CCn1ncc2c[c]ncc21. The molecule has 2 rings (SSSR count). The van der Waals surface area contributed by atoms with Gasteiger partial charge in [-0.2, -0.15) is 5.10 Å². The van der Waals surface area contributed by atoms with E-state index in [1.54, 1.807) is 6.20 Å². The van der Waals surface area contributed by atoms with Crippen molar-refractivity contribution in [2.75, 3.05) is 0 Å². The van der Waals surface area contributed by atoms with Gasteiger partial charge in [-0.1, -0.05) is 0 Å². The summed E-state index contributed by atoms with van der Waals surface area (Å²) >= 11 is 0. The molecule has 2 heterocycles. The summed E-state index contributed by atoms with van der Waals surface area (Å²) < 4.78 is 1.91. The van der Waals surface area contributed by atoms with E-state index in [2.05, 4.69) is 23.2 Å². The number of pyridine rings is 1. The Bertz CT molecular complexity index is 364. The number of hydrogen-bond acceptors (Lipinski definition) is 2. The highest BCUT2D eigenvalue weighted by molar-refractivity contribution is 5.76. The maximum absolute atomic E-state index is 4.17. The third-order valence-electron chi connectivity index (χ3n) is 1.69. The maximum atomic E-state index is 4.17. The van der Waals surface area contributed by atoms with Crippen LogP contribution in [-0.2, 0) is 6.54 Å². The lowest BCUT2D eigenvalue weighted by Crippen LogP contribution is -1.94. The molecule has 0 atom stereocenters. The molecule has 0 aliphatic carbocycles. The van der Waals surface area contributed by atoms with E-state index in [0.29, 0.717) is 0 Å². The summed E-state index contributed by atoms with van der Waals surface area (Å²) in [6, 6.07) is 1.84. The third-order valence-corrected chi connectivity index (χ3v) is 1.69. The second-order valence-electron chi connectivity index (χ2n) is 2.33. The van der Waals surface area contributed by atoms with E-state index in [-0.39, 0.29) is 0 Å². The molecule has 3 nitrogen and oxygen atoms in total. The number of aromatic nitrogens is 3. The fourth-order valence-electron chi connectivity index (χ4n) is 1.12. The Morgan fingerprint density at radius 1 is 1.55 bits per heavy atom. The Morgan fingerprint density at radius 2 is 2.45 bits per heavy atom. The van der Waals surface area contributed by atoms with Crippen LogP contribution in [0.25, 0.3) is 10.9 Å². The molecule has 0 aliphatic heterocycles. The monoisotopic (exact) mass is 146 g/mol. The first-order chi connectivity index (χ1) is 5.42. The fourth-order valence-corrected chi connectivity index (χ4v) is 1.12. The molecule has 0 spiro atoms. The average Bonchev–Trinajstić information content (AvgIpc) is 2.47. The highest BCUT2D eigenvalue weighted by Crippen LogP contribution is 2.09. The van der Waals surface area contributed by atoms with Gasteiger partial charge in [0.25, 0.3) is 0 Å². The molecular formula is C8H8N3. The summed E-state index contributed by atoms with van der Waals surface area (Å²) in [4.78, 5) is 3.91. The summed E-state index contributed by atoms with van der Waals surface area (Å²) in [5.74, 6) is 0. The average molecular weight is 146 g/mol. The van der Waals surface area contributed by atoms with Crippen molar-refractivity contribution in [3.63, 3.8) is 0 Å². The van der Waals surface area contributed by atoms with E-state index in [1.165, 1.54) is 0 Å². The van der Waals surface area contributed by atoms with Gasteiger partial charge in [0.1, 0.15) is 0 Å². The van der Waals surface area contributed by atoms with Gasteiger partial charge in [-0.25, -0.2) is 0 Å². The van der Waals surface area contributed by atoms with Gasteiger partial charge in [0, 0.05) is 11.9 Å². The first-order valence-electron chi connectivity index (χ1n) is 3.59. The lowest BCUT2D eigenvalue weighted by molar-refractivity contribution is 0.683. The largest absolute Gasteiger partial charge is 0.264 e. The van der Waals surface area contributed by atoms with Gasteiger partial charge in [0.05, 0.1) is 24.1 Å². The minimum Gasteiger partial charge on any atom is -0.264 e. The molecule has 0 saturated heterocycles. The van der Waals surface area contributed by atoms with Crippen molar-refractivity contribution in [2.45, 2.75) is 13.5 Å². The second-order valence-corrected chi connectivity index (χ2v) is 2.33. The Hall–Kier alpha value is -1.38. The quantitative estimate of drug-likeness (QED) is 0.606. The van der Waals surface area contributed by atoms with Crippen molar-refractivity contribution < 1.29 is 0 Å². The Kier molecular flexibility index (Phi) is 1.35. The molecular weight excluding hydrogens is 138 g/mol. The molecule has 0 saturated carbocycles. The van der Waals surface area contributed by atoms with Crippen LogP contribution in [-0.4, -0.2) is 14.8 Å². The van der Waals surface area contributed by atoms with Crippen molar-refractivity contribution in [1.29, 1.82) is 0 Å². The molecule has 1 radical (unpaired) electrons. The first-order valence-corrected chi connectivity index (χ1v) is 3.59. The number of nitrogens with zero attached hydrogens (tertiary/aromatic N) is 3. The van der Waals surface area contributed by atoms with Crippen LogP contribution in [0.1, 0.15) is 6.92 Å². The summed E-state index contributed by atoms with van der Waals surface area (Å²) in [5, 5.41) is 5.27. The van der Waals surface area contributed by atoms with Gasteiger partial charge in [-0.05, 0) is 13.0 Å². The predicted octanol–water partition coefficient (Wildman–Crippen LogP) is 1.25. The van der Waals surface area contributed by atoms with Crippen molar-refractivity contribution in [3.05, 3.63) is 24.7 Å². The van der Waals surface area contributed by atoms with E-state index < -0.39 is 0 Å². The molecule has 3 heteroatoms. The standard InChI is InChI=1S/C8H8N3/c1-2-11-8-6-9-4-3-7(8)5-10-11/h3,5-6H,2H2,1H3. The molecule has 2 aromatic rings. The number of fused-ring (bicyclic) bond motifs is 1. The molecule has 0 N–H and O–H groups in total. The van der Waals surface area contributed by atoms with E-state index in [4.69, 9.17) is 0 Å². The van der Waals surface area contributed by atoms with E-state index in [1.807, 2.05) is 16.9 Å². The smallest absolute Gasteiger partial charge is 0.0894 e. The number of aryl methyl sites for hydroxylation is 1. The van der Waals surface area contributed by atoms with E-state index in [9.17, 15) is 0 Å². The molecule has 0 fully saturated rings. The van der Waals surface area contributed by atoms with Crippen LogP contribution >= 0.6 is 0 Å². The molecule has 0 unspecified atom stereocenters. The van der Waals surface area contributed by atoms with Crippen molar-refractivity contribution in [2.24, 2.45) is 0 Å². The molecule has 2 aromatic heterocycles. The highest BCUT2D eigenvalue weighted by Gasteiger charge is 1.97. The van der Waals surface area contributed by atoms with Crippen LogP contribution < -0.4 is 0 Å². The highest BCUT2D eigenvalue weighted by atomic mass is 15.3. The van der Waals surface area contributed by atoms with Crippen LogP contribution in [0.4, 0.5) is 0 Å². The maximum Gasteiger partial charge on any atom is 0.0894 e. The zero-order valence-corrected chi connectivity index (χ0v) is 6.28. The summed E-state index contributed by atoms with van der Waals surface area (Å²) in [5.41, 5.74) is 1.08. The predicted molar refractivity (Wildman–Crippen MR) is 42.0 cm³/mol. The normalized spacial score (nSPS) is 10.6. The second kappa shape index (κ2) is 2.34. The minimum absolute atomic E-state index is 0.884. The van der Waals surface area contributed by atoms with Crippen molar-refractivity contribution >= 4 is 10.9 Å². The molecule has 11 heavy (non-hydrogen) atoms. The van der Waals surface area contributed by atoms with Gasteiger partial charge in [-0.3, -0.25) is 9.67 Å². The molecule has 55 valence electrons. The lowest BCUT2D eigenvalue weighted by Gasteiger charge is -1.94. The van der Waals surface area contributed by atoms with Crippen LogP contribution in [0.3, 0.4) is 0 Å². The Balaban J connectivity index is 2.76. The van der Waals surface area contributed by atoms with Crippen LogP contribution in [0.2, 0.25) is 0 Å². The third kappa shape index (κ3) is 0.888. The Labute approximate surface area is 64.7 Å². The number of rotatable bonds is 1. The molecule has 0 bridgehead atoms. The van der Waals surface area contributed by atoms with Gasteiger partial charge < -0.3 is 0 Å². The van der Waals surface area contributed by atoms with Gasteiger partial charge in [-0.15, -0.1) is 0 Å². The van der Waals surface area contributed by atoms with Crippen LogP contribution in [0.15, 0.2) is 18.5 Å². The summed E-state index contributed by atoms with van der Waals surface area (Å²) in [7, 11) is 0.